The molecule has 1 aliphatic heterocycles. The maximum atomic E-state index is 11.7. The topological polar surface area (TPSA) is 78.6 Å². The second-order valence-electron chi connectivity index (χ2n) is 4.99. The minimum absolute atomic E-state index is 0.0599. The number of rotatable bonds is 2. The molecule has 1 aromatic carbocycles. The average Bonchev–Trinajstić information content (AvgIpc) is 2.24. The lowest BCUT2D eigenvalue weighted by Gasteiger charge is -2.33. The molecule has 18 heavy (non-hydrogen) atoms. The summed E-state index contributed by atoms with van der Waals surface area (Å²) >= 11 is 0. The molecule has 1 aliphatic rings. The molecular formula is C12H17NO4S. The highest BCUT2D eigenvalue weighted by Gasteiger charge is 2.33. The lowest BCUT2D eigenvalue weighted by atomic mass is 9.94. The van der Waals surface area contributed by atoms with Crippen LogP contribution in [-0.2, 0) is 16.4 Å². The summed E-state index contributed by atoms with van der Waals surface area (Å²) in [5, 5.41) is 5.26. The van der Waals surface area contributed by atoms with Crippen LogP contribution in [0.25, 0.3) is 0 Å². The molecule has 0 fully saturated rings. The van der Waals surface area contributed by atoms with Crippen molar-refractivity contribution < 1.29 is 17.9 Å². The number of sulfonamides is 1. The molecule has 0 saturated carbocycles. The molecule has 0 saturated heterocycles. The summed E-state index contributed by atoms with van der Waals surface area (Å²) in [6, 6.07) is 3.43. The summed E-state index contributed by atoms with van der Waals surface area (Å²) in [6.45, 7) is 3.84. The van der Waals surface area contributed by atoms with E-state index in [4.69, 9.17) is 14.6 Å². The molecule has 2 rings (SSSR count). The first-order valence-electron chi connectivity index (χ1n) is 5.66. The quantitative estimate of drug-likeness (QED) is 0.883. The molecule has 0 aromatic heterocycles. The van der Waals surface area contributed by atoms with Gasteiger partial charge in [-0.25, -0.2) is 13.6 Å². The van der Waals surface area contributed by atoms with Crippen LogP contribution in [0.2, 0.25) is 0 Å². The summed E-state index contributed by atoms with van der Waals surface area (Å²) < 4.78 is 34.3. The van der Waals surface area contributed by atoms with Crippen LogP contribution >= 0.6 is 0 Å². The van der Waals surface area contributed by atoms with Gasteiger partial charge >= 0.3 is 0 Å². The van der Waals surface area contributed by atoms with Gasteiger partial charge in [-0.1, -0.05) is 6.07 Å². The van der Waals surface area contributed by atoms with Crippen LogP contribution in [-0.4, -0.2) is 21.1 Å². The van der Waals surface area contributed by atoms with E-state index >= 15 is 0 Å². The molecule has 0 aliphatic carbocycles. The standard InChI is InChI=1S/C12H17NO4S/c1-12(2)7-6-8-4-5-9(16-3)11(10(8)17-12)18(13,14)15/h4-5H,6-7H2,1-3H3,(H2,13,14,15). The third-order valence-electron chi connectivity index (χ3n) is 3.04. The summed E-state index contributed by atoms with van der Waals surface area (Å²) in [5.74, 6) is 0.544. The minimum Gasteiger partial charge on any atom is -0.495 e. The Bertz CT molecular complexity index is 578. The summed E-state index contributed by atoms with van der Waals surface area (Å²) in [4.78, 5) is -0.0599. The van der Waals surface area contributed by atoms with Crippen LogP contribution in [0.15, 0.2) is 17.0 Å². The van der Waals surface area contributed by atoms with Crippen LogP contribution in [0.3, 0.4) is 0 Å². The number of ether oxygens (including phenoxy) is 2. The number of methoxy groups -OCH3 is 1. The monoisotopic (exact) mass is 271 g/mol. The van der Waals surface area contributed by atoms with Gasteiger partial charge in [-0.05, 0) is 38.3 Å². The molecule has 2 N–H and O–H groups in total. The van der Waals surface area contributed by atoms with E-state index in [-0.39, 0.29) is 10.6 Å². The van der Waals surface area contributed by atoms with E-state index in [2.05, 4.69) is 0 Å². The zero-order chi connectivity index (χ0) is 13.6. The van der Waals surface area contributed by atoms with E-state index in [1.54, 1.807) is 6.07 Å². The number of primary sulfonamides is 1. The van der Waals surface area contributed by atoms with Crippen LogP contribution in [0.5, 0.6) is 11.5 Å². The van der Waals surface area contributed by atoms with Gasteiger partial charge < -0.3 is 9.47 Å². The van der Waals surface area contributed by atoms with E-state index in [1.807, 2.05) is 19.9 Å². The van der Waals surface area contributed by atoms with Crippen molar-refractivity contribution in [3.05, 3.63) is 17.7 Å². The Labute approximate surface area is 107 Å². The third kappa shape index (κ3) is 2.30. The number of fused-ring (bicyclic) bond motifs is 1. The molecule has 1 aromatic rings. The Morgan fingerprint density at radius 3 is 2.61 bits per heavy atom. The number of hydrogen-bond donors (Lipinski definition) is 1. The van der Waals surface area contributed by atoms with Gasteiger partial charge in [0.1, 0.15) is 17.1 Å². The lowest BCUT2D eigenvalue weighted by Crippen LogP contribution is -2.34. The molecular weight excluding hydrogens is 254 g/mol. The van der Waals surface area contributed by atoms with Crippen molar-refractivity contribution >= 4 is 10.0 Å². The molecule has 100 valence electrons. The fourth-order valence-electron chi connectivity index (χ4n) is 2.09. The summed E-state index contributed by atoms with van der Waals surface area (Å²) in [5.41, 5.74) is 0.442. The Balaban J connectivity index is 2.70. The molecule has 0 amide bonds. The highest BCUT2D eigenvalue weighted by molar-refractivity contribution is 7.89. The molecule has 0 bridgehead atoms. The van der Waals surface area contributed by atoms with Crippen molar-refractivity contribution in [3.8, 4) is 11.5 Å². The van der Waals surface area contributed by atoms with E-state index in [1.165, 1.54) is 7.11 Å². The SMILES string of the molecule is COc1ccc2c(c1S(N)(=O)=O)OC(C)(C)CC2. The Morgan fingerprint density at radius 1 is 1.39 bits per heavy atom. The molecule has 0 atom stereocenters. The van der Waals surface area contributed by atoms with Crippen molar-refractivity contribution in [3.63, 3.8) is 0 Å². The van der Waals surface area contributed by atoms with Gasteiger partial charge in [0.15, 0.2) is 4.90 Å². The molecule has 0 radical (unpaired) electrons. The predicted octanol–water partition coefficient (Wildman–Crippen LogP) is 1.45. The van der Waals surface area contributed by atoms with Crippen molar-refractivity contribution in [2.75, 3.05) is 7.11 Å². The Morgan fingerprint density at radius 2 is 2.06 bits per heavy atom. The van der Waals surface area contributed by atoms with Crippen molar-refractivity contribution in [2.45, 2.75) is 37.2 Å². The smallest absolute Gasteiger partial charge is 0.245 e. The molecule has 0 unspecified atom stereocenters. The Hall–Kier alpha value is -1.27. The van der Waals surface area contributed by atoms with Crippen molar-refractivity contribution in [2.24, 2.45) is 5.14 Å². The summed E-state index contributed by atoms with van der Waals surface area (Å²) in [7, 11) is -2.48. The maximum Gasteiger partial charge on any atom is 0.245 e. The third-order valence-corrected chi connectivity index (χ3v) is 3.99. The van der Waals surface area contributed by atoms with Crippen LogP contribution < -0.4 is 14.6 Å². The zero-order valence-corrected chi connectivity index (χ0v) is 11.5. The van der Waals surface area contributed by atoms with Crippen LogP contribution in [0.4, 0.5) is 0 Å². The maximum absolute atomic E-state index is 11.7. The first-order chi connectivity index (χ1) is 8.24. The largest absolute Gasteiger partial charge is 0.495 e. The van der Waals surface area contributed by atoms with Gasteiger partial charge in [-0.2, -0.15) is 0 Å². The highest BCUT2D eigenvalue weighted by Crippen LogP contribution is 2.41. The number of benzene rings is 1. The van der Waals surface area contributed by atoms with Crippen molar-refractivity contribution in [1.82, 2.24) is 0 Å². The molecule has 6 heteroatoms. The number of nitrogens with two attached hydrogens (primary N) is 1. The molecule has 0 spiro atoms. The van der Waals surface area contributed by atoms with E-state index in [0.717, 1.165) is 18.4 Å². The highest BCUT2D eigenvalue weighted by atomic mass is 32.2. The second-order valence-corrected chi connectivity index (χ2v) is 6.49. The molecule has 5 nitrogen and oxygen atoms in total. The van der Waals surface area contributed by atoms with Crippen LogP contribution in [0.1, 0.15) is 25.8 Å². The van der Waals surface area contributed by atoms with Crippen LogP contribution in [0, 0.1) is 0 Å². The van der Waals surface area contributed by atoms with Gasteiger partial charge in [-0.3, -0.25) is 0 Å². The number of aryl methyl sites for hydroxylation is 1. The van der Waals surface area contributed by atoms with Gasteiger partial charge in [-0.15, -0.1) is 0 Å². The van der Waals surface area contributed by atoms with Gasteiger partial charge in [0.25, 0.3) is 0 Å². The van der Waals surface area contributed by atoms with E-state index in [9.17, 15) is 8.42 Å². The average molecular weight is 271 g/mol. The minimum atomic E-state index is -3.89. The fourth-order valence-corrected chi connectivity index (χ4v) is 2.95. The first kappa shape index (κ1) is 13.2. The summed E-state index contributed by atoms with van der Waals surface area (Å²) in [6.07, 6.45) is 1.59. The number of hydrogen-bond acceptors (Lipinski definition) is 4. The zero-order valence-electron chi connectivity index (χ0n) is 10.7. The predicted molar refractivity (Wildman–Crippen MR) is 67.4 cm³/mol. The fraction of sp³-hybridized carbons (Fsp3) is 0.500. The second kappa shape index (κ2) is 4.13. The first-order valence-corrected chi connectivity index (χ1v) is 7.21. The van der Waals surface area contributed by atoms with Gasteiger partial charge in [0.2, 0.25) is 10.0 Å². The van der Waals surface area contributed by atoms with Gasteiger partial charge in [0.05, 0.1) is 7.11 Å². The molecule has 1 heterocycles. The van der Waals surface area contributed by atoms with E-state index < -0.39 is 15.6 Å². The van der Waals surface area contributed by atoms with Crippen molar-refractivity contribution in [1.29, 1.82) is 0 Å². The van der Waals surface area contributed by atoms with E-state index in [0.29, 0.717) is 5.75 Å². The Kier molecular flexibility index (Phi) is 3.03. The lowest BCUT2D eigenvalue weighted by molar-refractivity contribution is 0.0799. The van der Waals surface area contributed by atoms with Gasteiger partial charge in [0, 0.05) is 0 Å². The normalized spacial score (nSPS) is 17.8.